The lowest BCUT2D eigenvalue weighted by atomic mass is 9.90. The first-order chi connectivity index (χ1) is 48.6. The van der Waals surface area contributed by atoms with Crippen LogP contribution in [0.5, 0.6) is 0 Å². The maximum atomic E-state index is 13.6. The summed E-state index contributed by atoms with van der Waals surface area (Å²) >= 11 is 0. The fourth-order valence-corrected chi connectivity index (χ4v) is 13.5. The van der Waals surface area contributed by atoms with Gasteiger partial charge in [0, 0.05) is 19.8 Å². The van der Waals surface area contributed by atoms with Gasteiger partial charge in [-0.1, -0.05) is 205 Å². The van der Waals surface area contributed by atoms with E-state index < -0.39 is 192 Å². The number of aliphatic hydroxyl groups excluding tert-OH is 14. The Kier molecular flexibility index (Phi) is 45.9. The summed E-state index contributed by atoms with van der Waals surface area (Å²) in [5.41, 5.74) is 0. The molecular weight excluding hydrogens is 1320 g/mol. The van der Waals surface area contributed by atoms with Crippen molar-refractivity contribution in [2.75, 3.05) is 33.0 Å². The summed E-state index contributed by atoms with van der Waals surface area (Å²) in [4.78, 5) is 39.4. The number of unbranched alkanes of at least 4 members (excludes halogenated alkanes) is 30. The first-order valence-corrected chi connectivity index (χ1v) is 38.2. The zero-order valence-electron chi connectivity index (χ0n) is 60.5. The third kappa shape index (κ3) is 31.4. The molecule has 4 saturated heterocycles. The number of rotatable bonds is 55. The van der Waals surface area contributed by atoms with E-state index in [1.165, 1.54) is 148 Å². The molecule has 4 fully saturated rings. The molecule has 8 unspecified atom stereocenters. The average Bonchev–Trinajstić information content (AvgIpc) is 0.753. The molecule has 101 heavy (non-hydrogen) atoms. The van der Waals surface area contributed by atoms with E-state index >= 15 is 0 Å². The smallest absolute Gasteiger partial charge is 0.364 e. The molecule has 0 saturated carbocycles. The standard InChI is InChI=1S/C73H132N2O26/c1-4-6-8-10-12-14-16-18-19-20-21-22-23-24-25-26-27-29-31-33-35-37-39-41-56(84)75-49(50(81)40-38-36-34-32-30-28-17-15-13-11-9-7-5-2)47-94-70-63(90)62(89)65(54(45-78)96-70)98-71-64(91)68(101-73(72(92)93)42-51(82)58(85)67(100-73)59(86)52(83)43-76)66(55(46-79)97-71)99-69-57(74-48(3)80)61(88)60(87)53(44-77)95-69/h18-19,38,40,49-55,57-71,76-79,81-83,85-91H,4-17,20-37,39,41-47H2,1-3H3,(H,74,80)(H,75,84)(H,92,93)/b19-18-,40-38+/t49-,50+,51?,52+,53?,54?,55?,57?,58+,59+,60-,61+,62+,63?,64?,65+,66-,67?,68+,69-,70+,71-,73-/m0/s1. The lowest BCUT2D eigenvalue weighted by Crippen LogP contribution is -2.71. The lowest BCUT2D eigenvalue weighted by molar-refractivity contribution is -0.403. The summed E-state index contributed by atoms with van der Waals surface area (Å²) in [6.45, 7) is 0.771. The topological polar surface area (TPSA) is 453 Å². The summed E-state index contributed by atoms with van der Waals surface area (Å²) in [6, 6.07) is -2.81. The van der Waals surface area contributed by atoms with E-state index in [1.807, 2.05) is 6.08 Å². The zero-order chi connectivity index (χ0) is 74.1. The molecule has 0 bridgehead atoms. The molecule has 0 radical (unpaired) electrons. The highest BCUT2D eigenvalue weighted by molar-refractivity contribution is 5.76. The second-order valence-corrected chi connectivity index (χ2v) is 28.2. The molecule has 0 aromatic heterocycles. The van der Waals surface area contributed by atoms with Crippen LogP contribution in [0, 0.1) is 0 Å². The van der Waals surface area contributed by atoms with E-state index in [9.17, 15) is 91.0 Å². The highest BCUT2D eigenvalue weighted by Crippen LogP contribution is 2.40. The van der Waals surface area contributed by atoms with Gasteiger partial charge in [-0.15, -0.1) is 0 Å². The maximum absolute atomic E-state index is 13.6. The van der Waals surface area contributed by atoms with Gasteiger partial charge >= 0.3 is 5.97 Å². The largest absolute Gasteiger partial charge is 0.477 e. The summed E-state index contributed by atoms with van der Waals surface area (Å²) < 4.78 is 47.5. The van der Waals surface area contributed by atoms with Gasteiger partial charge in [0.2, 0.25) is 11.8 Å². The molecular formula is C73H132N2O26. The Labute approximate surface area is 598 Å². The minimum Gasteiger partial charge on any atom is -0.477 e. The van der Waals surface area contributed by atoms with Gasteiger partial charge in [0.05, 0.1) is 51.3 Å². The Morgan fingerprint density at radius 2 is 0.970 bits per heavy atom. The van der Waals surface area contributed by atoms with Crippen LogP contribution in [-0.4, -0.2) is 268 Å². The molecule has 0 aromatic rings. The van der Waals surface area contributed by atoms with E-state index in [0.29, 0.717) is 12.8 Å². The average molecular weight is 1450 g/mol. The van der Waals surface area contributed by atoms with Crippen molar-refractivity contribution in [2.45, 2.75) is 386 Å². The SMILES string of the molecule is CCCCCCCC/C=C\CCCCCCCCCCCCCCCC(=O)N[C@@H](CO[C@@H]1OC(CO)[C@@H](O[C@@H]2OC(CO)[C@H](O[C@@H]3OC(CO)[C@H](O)[C@H](O)C3NC(C)=O)[C@H](O[C@]3(C(=O)O)CC(O)[C@@H](O)C([C@H](O)[C@H](O)CO)O3)C2O)[C@H](O)C1O)[C@H](O)/C=C/CCCCCCCCCCCCC. The quantitative estimate of drug-likeness (QED) is 0.0303. The van der Waals surface area contributed by atoms with Crippen molar-refractivity contribution >= 4 is 17.8 Å². The molecule has 23 atom stereocenters. The van der Waals surface area contributed by atoms with Crippen molar-refractivity contribution < 1.29 is 129 Å². The van der Waals surface area contributed by atoms with Gasteiger partial charge in [0.25, 0.3) is 5.79 Å². The molecule has 4 aliphatic heterocycles. The second-order valence-electron chi connectivity index (χ2n) is 28.2. The van der Waals surface area contributed by atoms with E-state index in [1.54, 1.807) is 6.08 Å². The van der Waals surface area contributed by atoms with E-state index in [0.717, 1.165) is 58.3 Å². The van der Waals surface area contributed by atoms with Crippen molar-refractivity contribution in [1.82, 2.24) is 10.6 Å². The minimum atomic E-state index is -3.28. The number of nitrogens with one attached hydrogen (secondary N) is 2. The van der Waals surface area contributed by atoms with Crippen molar-refractivity contribution in [1.29, 1.82) is 0 Å². The Morgan fingerprint density at radius 3 is 1.46 bits per heavy atom. The van der Waals surface area contributed by atoms with Crippen LogP contribution in [0.2, 0.25) is 0 Å². The molecule has 0 aliphatic carbocycles. The fourth-order valence-electron chi connectivity index (χ4n) is 13.5. The number of hydrogen-bond donors (Lipinski definition) is 17. The first kappa shape index (κ1) is 90.4. The molecule has 4 rings (SSSR count). The Hall–Kier alpha value is -2.99. The summed E-state index contributed by atoms with van der Waals surface area (Å²) in [6.07, 6.45) is 5.45. The van der Waals surface area contributed by atoms with Crippen LogP contribution in [0.25, 0.3) is 0 Å². The van der Waals surface area contributed by atoms with Gasteiger partial charge in [0.15, 0.2) is 18.9 Å². The molecule has 590 valence electrons. The van der Waals surface area contributed by atoms with Gasteiger partial charge in [-0.05, 0) is 44.9 Å². The lowest BCUT2D eigenvalue weighted by Gasteiger charge is -2.52. The third-order valence-corrected chi connectivity index (χ3v) is 19.7. The van der Waals surface area contributed by atoms with Gasteiger partial charge in [-0.25, -0.2) is 4.79 Å². The van der Waals surface area contributed by atoms with Crippen LogP contribution in [0.4, 0.5) is 0 Å². The van der Waals surface area contributed by atoms with Crippen molar-refractivity contribution in [2.24, 2.45) is 0 Å². The molecule has 28 nitrogen and oxygen atoms in total. The number of carbonyl (C=O) groups excluding carboxylic acids is 2. The number of aliphatic hydroxyl groups is 14. The Bertz CT molecular complexity index is 2240. The number of carboxylic acid groups (broad SMARTS) is 1. The normalized spacial score (nSPS) is 31.5. The van der Waals surface area contributed by atoms with Gasteiger partial charge in [-0.3, -0.25) is 9.59 Å². The Balaban J connectivity index is 1.42. The number of carbonyl (C=O) groups is 3. The van der Waals surface area contributed by atoms with Crippen LogP contribution >= 0.6 is 0 Å². The van der Waals surface area contributed by atoms with Crippen LogP contribution in [0.15, 0.2) is 24.3 Å². The van der Waals surface area contributed by atoms with Gasteiger partial charge in [-0.2, -0.15) is 0 Å². The summed E-state index contributed by atoms with van der Waals surface area (Å²) in [5, 5.41) is 170. The summed E-state index contributed by atoms with van der Waals surface area (Å²) in [7, 11) is 0. The highest BCUT2D eigenvalue weighted by atomic mass is 16.8. The van der Waals surface area contributed by atoms with Gasteiger partial charge < -0.3 is 125 Å². The number of allylic oxidation sites excluding steroid dienone is 3. The van der Waals surface area contributed by atoms with Crippen molar-refractivity contribution in [3.8, 4) is 0 Å². The van der Waals surface area contributed by atoms with Crippen molar-refractivity contribution in [3.05, 3.63) is 24.3 Å². The predicted octanol–water partition coefficient (Wildman–Crippen LogP) is 3.89. The number of amides is 2. The van der Waals surface area contributed by atoms with E-state index in [2.05, 4.69) is 36.6 Å². The van der Waals surface area contributed by atoms with Crippen LogP contribution < -0.4 is 10.6 Å². The van der Waals surface area contributed by atoms with Crippen LogP contribution in [0.3, 0.4) is 0 Å². The zero-order valence-corrected chi connectivity index (χ0v) is 60.5. The monoisotopic (exact) mass is 1450 g/mol. The summed E-state index contributed by atoms with van der Waals surface area (Å²) in [5.74, 6) is -6.54. The molecule has 2 amide bonds. The van der Waals surface area contributed by atoms with Crippen LogP contribution in [0.1, 0.15) is 245 Å². The number of hydrogen-bond acceptors (Lipinski definition) is 25. The second kappa shape index (κ2) is 51.3. The predicted molar refractivity (Wildman–Crippen MR) is 371 cm³/mol. The van der Waals surface area contributed by atoms with Crippen LogP contribution in [-0.2, 0) is 52.3 Å². The molecule has 17 N–H and O–H groups in total. The molecule has 0 spiro atoms. The maximum Gasteiger partial charge on any atom is 0.364 e. The van der Waals surface area contributed by atoms with E-state index in [4.69, 9.17) is 37.9 Å². The number of aliphatic carboxylic acids is 1. The first-order valence-electron chi connectivity index (χ1n) is 38.2. The van der Waals surface area contributed by atoms with Crippen molar-refractivity contribution in [3.63, 3.8) is 0 Å². The molecule has 4 heterocycles. The molecule has 28 heteroatoms. The highest BCUT2D eigenvalue weighted by Gasteiger charge is 2.61. The van der Waals surface area contributed by atoms with Gasteiger partial charge in [0.1, 0.15) is 97.6 Å². The Morgan fingerprint density at radius 1 is 0.515 bits per heavy atom. The molecule has 0 aromatic carbocycles. The fraction of sp³-hybridized carbons (Fsp3) is 0.904. The minimum absolute atomic E-state index is 0.163. The number of ether oxygens (including phenoxy) is 8. The van der Waals surface area contributed by atoms with E-state index in [-0.39, 0.29) is 12.3 Å². The number of carboxylic acids is 1. The third-order valence-electron chi connectivity index (χ3n) is 19.7. The molecule has 4 aliphatic rings.